The maximum atomic E-state index is 12.0. The molecular formula is C14H21NO2. The van der Waals surface area contributed by atoms with Gasteiger partial charge >= 0.3 is 0 Å². The standard InChI is InChI=1S/C14H21NO2/c1-4-10-17-11-14(16)15(5-2)13-9-7-6-8-12(13)3/h6-9H,4-5,10-11H2,1-3H3. The molecule has 94 valence electrons. The molecule has 0 unspecified atom stereocenters. The Bertz CT molecular complexity index is 363. The van der Waals surface area contributed by atoms with Gasteiger partial charge in [0.05, 0.1) is 0 Å². The van der Waals surface area contributed by atoms with Gasteiger partial charge in [0.25, 0.3) is 5.91 Å². The molecule has 3 nitrogen and oxygen atoms in total. The molecule has 0 aliphatic rings. The van der Waals surface area contributed by atoms with E-state index in [0.29, 0.717) is 13.2 Å². The van der Waals surface area contributed by atoms with Gasteiger partial charge in [-0.3, -0.25) is 4.79 Å². The predicted molar refractivity (Wildman–Crippen MR) is 70.3 cm³/mol. The van der Waals surface area contributed by atoms with Crippen molar-refractivity contribution in [3.63, 3.8) is 0 Å². The van der Waals surface area contributed by atoms with Crippen molar-refractivity contribution >= 4 is 11.6 Å². The molecule has 1 amide bonds. The summed E-state index contributed by atoms with van der Waals surface area (Å²) >= 11 is 0. The Morgan fingerprint density at radius 3 is 2.59 bits per heavy atom. The quantitative estimate of drug-likeness (QED) is 0.710. The molecule has 1 rings (SSSR count). The minimum atomic E-state index is 0.0234. The van der Waals surface area contributed by atoms with Gasteiger partial charge < -0.3 is 9.64 Å². The lowest BCUT2D eigenvalue weighted by atomic mass is 10.2. The maximum Gasteiger partial charge on any atom is 0.252 e. The van der Waals surface area contributed by atoms with Gasteiger partial charge in [-0.15, -0.1) is 0 Å². The average molecular weight is 235 g/mol. The van der Waals surface area contributed by atoms with Crippen LogP contribution in [0.1, 0.15) is 25.8 Å². The normalized spacial score (nSPS) is 10.3. The van der Waals surface area contributed by atoms with E-state index in [9.17, 15) is 4.79 Å². The highest BCUT2D eigenvalue weighted by Crippen LogP contribution is 2.19. The predicted octanol–water partition coefficient (Wildman–Crippen LogP) is 2.77. The highest BCUT2D eigenvalue weighted by molar-refractivity contribution is 5.94. The summed E-state index contributed by atoms with van der Waals surface area (Å²) in [5.74, 6) is 0.0234. The number of hydrogen-bond donors (Lipinski definition) is 0. The molecule has 17 heavy (non-hydrogen) atoms. The Hall–Kier alpha value is -1.35. The molecule has 0 radical (unpaired) electrons. The van der Waals surface area contributed by atoms with E-state index in [1.165, 1.54) is 0 Å². The maximum absolute atomic E-state index is 12.0. The zero-order valence-corrected chi connectivity index (χ0v) is 10.9. The van der Waals surface area contributed by atoms with Crippen LogP contribution in [0.2, 0.25) is 0 Å². The van der Waals surface area contributed by atoms with Crippen molar-refractivity contribution in [2.24, 2.45) is 0 Å². The molecule has 3 heteroatoms. The summed E-state index contributed by atoms with van der Waals surface area (Å²) in [5, 5.41) is 0. The molecule has 0 bridgehead atoms. The third-order valence-electron chi connectivity index (χ3n) is 2.60. The van der Waals surface area contributed by atoms with Crippen molar-refractivity contribution in [2.75, 3.05) is 24.7 Å². The molecule has 1 aromatic carbocycles. The fourth-order valence-corrected chi connectivity index (χ4v) is 1.73. The topological polar surface area (TPSA) is 29.5 Å². The Morgan fingerprint density at radius 2 is 2.00 bits per heavy atom. The average Bonchev–Trinajstić information content (AvgIpc) is 2.33. The molecule has 0 saturated carbocycles. The zero-order valence-electron chi connectivity index (χ0n) is 10.9. The van der Waals surface area contributed by atoms with E-state index in [4.69, 9.17) is 4.74 Å². The van der Waals surface area contributed by atoms with Crippen molar-refractivity contribution in [3.8, 4) is 0 Å². The minimum absolute atomic E-state index is 0.0234. The van der Waals surface area contributed by atoms with E-state index in [1.54, 1.807) is 4.90 Å². The Morgan fingerprint density at radius 1 is 1.29 bits per heavy atom. The Balaban J connectivity index is 2.71. The van der Waals surface area contributed by atoms with Crippen LogP contribution in [0, 0.1) is 6.92 Å². The minimum Gasteiger partial charge on any atom is -0.372 e. The number of ether oxygens (including phenoxy) is 1. The first-order valence-corrected chi connectivity index (χ1v) is 6.14. The van der Waals surface area contributed by atoms with Crippen LogP contribution < -0.4 is 4.90 Å². The molecule has 0 N–H and O–H groups in total. The zero-order chi connectivity index (χ0) is 12.7. The van der Waals surface area contributed by atoms with Crippen LogP contribution in [-0.2, 0) is 9.53 Å². The van der Waals surface area contributed by atoms with Gasteiger partial charge in [-0.1, -0.05) is 25.1 Å². The number of carbonyl (C=O) groups is 1. The first kappa shape index (κ1) is 13.7. The number of anilines is 1. The SMILES string of the molecule is CCCOCC(=O)N(CC)c1ccccc1C. The second-order valence-corrected chi connectivity index (χ2v) is 3.98. The van der Waals surface area contributed by atoms with E-state index >= 15 is 0 Å². The van der Waals surface area contributed by atoms with Crippen LogP contribution >= 0.6 is 0 Å². The number of amides is 1. The van der Waals surface area contributed by atoms with Crippen LogP contribution in [0.25, 0.3) is 0 Å². The van der Waals surface area contributed by atoms with E-state index in [-0.39, 0.29) is 12.5 Å². The largest absolute Gasteiger partial charge is 0.372 e. The molecule has 0 aliphatic carbocycles. The van der Waals surface area contributed by atoms with Gasteiger partial charge in [-0.2, -0.15) is 0 Å². The van der Waals surface area contributed by atoms with E-state index in [1.807, 2.05) is 45.0 Å². The van der Waals surface area contributed by atoms with Crippen LogP contribution in [0.4, 0.5) is 5.69 Å². The van der Waals surface area contributed by atoms with Crippen LogP contribution in [0.5, 0.6) is 0 Å². The molecule has 0 atom stereocenters. The van der Waals surface area contributed by atoms with Crippen molar-refractivity contribution < 1.29 is 9.53 Å². The molecule has 0 heterocycles. The summed E-state index contributed by atoms with van der Waals surface area (Å²) in [7, 11) is 0. The first-order valence-electron chi connectivity index (χ1n) is 6.14. The van der Waals surface area contributed by atoms with Gasteiger partial charge in [0.1, 0.15) is 6.61 Å². The third-order valence-corrected chi connectivity index (χ3v) is 2.60. The number of benzene rings is 1. The lowest BCUT2D eigenvalue weighted by molar-refractivity contribution is -0.123. The Labute approximate surface area is 103 Å². The first-order chi connectivity index (χ1) is 8.20. The molecule has 0 saturated heterocycles. The van der Waals surface area contributed by atoms with Gasteiger partial charge in [0.2, 0.25) is 0 Å². The number of nitrogens with zero attached hydrogens (tertiary/aromatic N) is 1. The number of likely N-dealkylation sites (N-methyl/N-ethyl adjacent to an activating group) is 1. The fraction of sp³-hybridized carbons (Fsp3) is 0.500. The molecule has 0 aliphatic heterocycles. The lowest BCUT2D eigenvalue weighted by Crippen LogP contribution is -2.34. The lowest BCUT2D eigenvalue weighted by Gasteiger charge is -2.22. The number of para-hydroxylation sites is 1. The summed E-state index contributed by atoms with van der Waals surface area (Å²) in [6, 6.07) is 7.91. The molecule has 0 spiro atoms. The highest BCUT2D eigenvalue weighted by atomic mass is 16.5. The summed E-state index contributed by atoms with van der Waals surface area (Å²) in [6.45, 7) is 7.48. The van der Waals surface area contributed by atoms with Gasteiger partial charge in [0, 0.05) is 18.8 Å². The van der Waals surface area contributed by atoms with Crippen LogP contribution in [0.15, 0.2) is 24.3 Å². The number of carbonyl (C=O) groups excluding carboxylic acids is 1. The molecule has 0 aromatic heterocycles. The highest BCUT2D eigenvalue weighted by Gasteiger charge is 2.15. The van der Waals surface area contributed by atoms with Crippen molar-refractivity contribution in [2.45, 2.75) is 27.2 Å². The van der Waals surface area contributed by atoms with Gasteiger partial charge in [-0.05, 0) is 31.9 Å². The number of hydrogen-bond acceptors (Lipinski definition) is 2. The smallest absolute Gasteiger partial charge is 0.252 e. The second kappa shape index (κ2) is 7.07. The summed E-state index contributed by atoms with van der Waals surface area (Å²) < 4.78 is 5.30. The fourth-order valence-electron chi connectivity index (χ4n) is 1.73. The van der Waals surface area contributed by atoms with Crippen LogP contribution in [-0.4, -0.2) is 25.7 Å². The van der Waals surface area contributed by atoms with E-state index < -0.39 is 0 Å². The summed E-state index contributed by atoms with van der Waals surface area (Å²) in [6.07, 6.45) is 0.934. The molecule has 1 aromatic rings. The van der Waals surface area contributed by atoms with E-state index in [0.717, 1.165) is 17.7 Å². The molecule has 0 fully saturated rings. The second-order valence-electron chi connectivity index (χ2n) is 3.98. The van der Waals surface area contributed by atoms with E-state index in [2.05, 4.69) is 0 Å². The van der Waals surface area contributed by atoms with Crippen molar-refractivity contribution in [1.29, 1.82) is 0 Å². The summed E-state index contributed by atoms with van der Waals surface area (Å²) in [4.78, 5) is 13.8. The van der Waals surface area contributed by atoms with Crippen molar-refractivity contribution in [1.82, 2.24) is 0 Å². The number of aryl methyl sites for hydroxylation is 1. The molecular weight excluding hydrogens is 214 g/mol. The third kappa shape index (κ3) is 3.86. The monoisotopic (exact) mass is 235 g/mol. The van der Waals surface area contributed by atoms with Crippen LogP contribution in [0.3, 0.4) is 0 Å². The van der Waals surface area contributed by atoms with Crippen molar-refractivity contribution in [3.05, 3.63) is 29.8 Å². The van der Waals surface area contributed by atoms with Gasteiger partial charge in [-0.25, -0.2) is 0 Å². The Kier molecular flexibility index (Phi) is 5.70. The summed E-state index contributed by atoms with van der Waals surface area (Å²) in [5.41, 5.74) is 2.08. The van der Waals surface area contributed by atoms with Gasteiger partial charge in [0.15, 0.2) is 0 Å². The number of rotatable bonds is 6.